The number of aryl methyl sites for hydroxylation is 1. The zero-order valence-corrected chi connectivity index (χ0v) is 64.8. The predicted octanol–water partition coefficient (Wildman–Crippen LogP) is 4.58. The van der Waals surface area contributed by atoms with Gasteiger partial charge in [-0.1, -0.05) is 57.6 Å². The third kappa shape index (κ3) is 78.5. The Kier molecular flexibility index (Phi) is 83.3. The summed E-state index contributed by atoms with van der Waals surface area (Å²) in [6.07, 6.45) is 8.28. The minimum atomic E-state index is -0.952. The van der Waals surface area contributed by atoms with Gasteiger partial charge in [0.25, 0.3) is 0 Å². The lowest BCUT2D eigenvalue weighted by Crippen LogP contribution is -2.39. The Morgan fingerprint density at radius 2 is 0.377 bits per heavy atom. The molecule has 0 saturated carbocycles. The van der Waals surface area contributed by atoms with E-state index in [4.69, 9.17) is 142 Å². The maximum Gasteiger partial charge on any atom is 0.150 e. The van der Waals surface area contributed by atoms with E-state index in [-0.39, 0.29) is 13.2 Å². The highest BCUT2D eigenvalue weighted by molar-refractivity contribution is 5.27. The summed E-state index contributed by atoms with van der Waals surface area (Å²) in [5.41, 5.74) is 1.27. The fourth-order valence-electron chi connectivity index (χ4n) is 8.99. The number of aliphatic hydroxyl groups excluding tert-OH is 1. The van der Waals surface area contributed by atoms with E-state index in [0.29, 0.717) is 376 Å². The highest BCUT2D eigenvalue weighted by Crippen LogP contribution is 2.18. The van der Waals surface area contributed by atoms with Crippen molar-refractivity contribution < 1.29 is 147 Å². The summed E-state index contributed by atoms with van der Waals surface area (Å²) in [5.74, 6) is 0.655. The minimum Gasteiger partial charge on any atom is -0.485 e. The van der Waals surface area contributed by atoms with E-state index in [1.54, 1.807) is 0 Å². The number of ether oxygens (including phenoxy) is 30. The lowest BCUT2D eigenvalue weighted by atomic mass is 10.0. The van der Waals surface area contributed by atoms with Gasteiger partial charge in [0.05, 0.1) is 383 Å². The van der Waals surface area contributed by atoms with E-state index >= 15 is 0 Å². The number of unbranched alkanes of at least 4 members (excludes halogenated alkanes) is 6. The molecule has 0 amide bonds. The van der Waals surface area contributed by atoms with Crippen LogP contribution in [0, 0.1) is 0 Å². The predicted molar refractivity (Wildman–Crippen MR) is 392 cm³/mol. The van der Waals surface area contributed by atoms with Crippen LogP contribution in [-0.4, -0.2) is 401 Å². The molecule has 0 bridgehead atoms. The Labute approximate surface area is 634 Å². The molecule has 0 spiro atoms. The van der Waals surface area contributed by atoms with E-state index in [2.05, 4.69) is 19.1 Å². The second kappa shape index (κ2) is 88.4. The van der Waals surface area contributed by atoms with Crippen LogP contribution in [0.15, 0.2) is 24.3 Å². The Balaban J connectivity index is 1.56. The molecule has 0 aromatic heterocycles. The molecular weight excluding hydrogens is 1400 g/mol. The topological polar surface area (TPSA) is 297 Å². The van der Waals surface area contributed by atoms with Crippen molar-refractivity contribution in [1.82, 2.24) is 0 Å². The first-order valence-electron chi connectivity index (χ1n) is 39.0. The molecule has 1 N–H and O–H groups in total. The first-order valence-corrected chi connectivity index (χ1v) is 39.0. The Hall–Kier alpha value is -2.18. The fraction of sp³-hybridized carbons (Fsp3) is 0.920. The third-order valence-corrected chi connectivity index (χ3v) is 14.7. The molecule has 1 fully saturated rings. The van der Waals surface area contributed by atoms with Crippen LogP contribution in [0.25, 0.3) is 0 Å². The van der Waals surface area contributed by atoms with Crippen molar-refractivity contribution in [2.45, 2.75) is 70.5 Å². The molecule has 2 unspecified atom stereocenters. The summed E-state index contributed by atoms with van der Waals surface area (Å²) in [6.45, 7) is 27.9. The highest BCUT2D eigenvalue weighted by Gasteiger charge is 2.22. The smallest absolute Gasteiger partial charge is 0.150 e. The van der Waals surface area contributed by atoms with Gasteiger partial charge in [-0.2, -0.15) is 0 Å². The van der Waals surface area contributed by atoms with Gasteiger partial charge in [-0.05, 0) is 30.5 Å². The van der Waals surface area contributed by atoms with E-state index in [9.17, 15) is 5.11 Å². The standard InChI is InChI=1S/C75H142O31/c1-2-3-4-5-6-7-8-9-72-10-12-73(13-11-72)106-75-71-105-69-67-103-65-63-101-61-59-99-57-55-97-53-51-95-49-47-93-45-43-91-41-39-89-37-35-87-33-31-85-29-27-83-25-23-81-21-19-79-17-15-77-14-16-78-18-20-80-22-24-82-26-28-84-30-32-86-34-36-88-38-40-90-42-44-92-46-48-94-50-52-96-54-56-98-58-60-100-62-64-102-66-68-104-70-74(75)76/h10-13,74-76H,2-9,14-71H2,1H3. The molecule has 1 heterocycles. The maximum absolute atomic E-state index is 11.2. The third-order valence-electron chi connectivity index (χ3n) is 14.7. The number of hydrogen-bond acceptors (Lipinski definition) is 31. The van der Waals surface area contributed by atoms with Gasteiger partial charge in [0, 0.05) is 0 Å². The van der Waals surface area contributed by atoms with E-state index < -0.39 is 12.2 Å². The molecular formula is C75H142O31. The first-order chi connectivity index (χ1) is 52.8. The molecule has 1 aromatic rings. The molecule has 31 nitrogen and oxygen atoms in total. The van der Waals surface area contributed by atoms with Crippen LogP contribution >= 0.6 is 0 Å². The molecule has 1 saturated heterocycles. The summed E-state index contributed by atoms with van der Waals surface area (Å²) in [6, 6.07) is 8.10. The summed E-state index contributed by atoms with van der Waals surface area (Å²) in [7, 11) is 0. The molecule has 31 heteroatoms. The summed E-state index contributed by atoms with van der Waals surface area (Å²) < 4.78 is 169. The highest BCUT2D eigenvalue weighted by atomic mass is 16.6. The molecule has 0 aliphatic carbocycles. The van der Waals surface area contributed by atoms with Gasteiger partial charge in [0.15, 0.2) is 0 Å². The molecule has 2 atom stereocenters. The molecule has 0 radical (unpaired) electrons. The summed E-state index contributed by atoms with van der Waals surface area (Å²) >= 11 is 0. The summed E-state index contributed by atoms with van der Waals surface area (Å²) in [5, 5.41) is 11.2. The Morgan fingerprint density at radius 1 is 0.217 bits per heavy atom. The largest absolute Gasteiger partial charge is 0.485 e. The molecule has 1 aliphatic heterocycles. The van der Waals surface area contributed by atoms with E-state index in [0.717, 1.165) is 12.8 Å². The first kappa shape index (κ1) is 99.9. The quantitative estimate of drug-likeness (QED) is 0.313. The van der Waals surface area contributed by atoms with Crippen LogP contribution in [0.2, 0.25) is 0 Å². The molecule has 1 aromatic carbocycles. The van der Waals surface area contributed by atoms with Crippen LogP contribution < -0.4 is 4.74 Å². The Morgan fingerprint density at radius 3 is 0.566 bits per heavy atom. The lowest BCUT2D eigenvalue weighted by molar-refractivity contribution is -0.0740. The van der Waals surface area contributed by atoms with Gasteiger partial charge in [0.2, 0.25) is 0 Å². The van der Waals surface area contributed by atoms with Crippen molar-refractivity contribution in [2.75, 3.05) is 383 Å². The van der Waals surface area contributed by atoms with Gasteiger partial charge in [-0.15, -0.1) is 0 Å². The average molecular weight is 1540 g/mol. The minimum absolute atomic E-state index is 0.0436. The Bertz CT molecular complexity index is 1780. The lowest BCUT2D eigenvalue weighted by Gasteiger charge is -2.24. The van der Waals surface area contributed by atoms with Crippen molar-refractivity contribution in [3.05, 3.63) is 29.8 Å². The zero-order valence-electron chi connectivity index (χ0n) is 64.8. The van der Waals surface area contributed by atoms with Crippen molar-refractivity contribution >= 4 is 0 Å². The zero-order chi connectivity index (χ0) is 75.0. The number of benzene rings is 1. The number of aliphatic hydroxyl groups is 1. The maximum atomic E-state index is 11.2. The number of rotatable bonds is 10. The normalized spacial score (nSPS) is 23.4. The van der Waals surface area contributed by atoms with Gasteiger partial charge < -0.3 is 147 Å². The van der Waals surface area contributed by atoms with Crippen LogP contribution in [0.1, 0.15) is 57.4 Å². The van der Waals surface area contributed by atoms with Crippen LogP contribution in [-0.2, 0) is 144 Å². The van der Waals surface area contributed by atoms with Crippen LogP contribution in [0.5, 0.6) is 5.75 Å². The summed E-state index contributed by atoms with van der Waals surface area (Å²) in [4.78, 5) is 0. The fourth-order valence-corrected chi connectivity index (χ4v) is 8.99. The SMILES string of the molecule is CCCCCCCCCc1ccc(OC2COCCOCCOCCOCCOCCOCCOCCOCCOCCOCCOCCOCCOCCOCCOCCOCCOCCOCCOCCOCCOCCOCCOCCOCCOCCOCCOCCOCCOCC2O)cc1. The molecule has 1 aliphatic rings. The molecule has 628 valence electrons. The van der Waals surface area contributed by atoms with E-state index in [1.165, 1.54) is 44.1 Å². The number of hydrogen-bond donors (Lipinski definition) is 1. The molecule has 106 heavy (non-hydrogen) atoms. The van der Waals surface area contributed by atoms with Gasteiger partial charge in [0.1, 0.15) is 18.0 Å². The van der Waals surface area contributed by atoms with Crippen LogP contribution in [0.4, 0.5) is 0 Å². The van der Waals surface area contributed by atoms with Crippen molar-refractivity contribution in [3.8, 4) is 5.75 Å². The van der Waals surface area contributed by atoms with Crippen molar-refractivity contribution in [2.24, 2.45) is 0 Å². The van der Waals surface area contributed by atoms with Gasteiger partial charge >= 0.3 is 0 Å². The second-order valence-electron chi connectivity index (χ2n) is 23.4. The molecule has 2 rings (SSSR count). The second-order valence-corrected chi connectivity index (χ2v) is 23.4. The van der Waals surface area contributed by atoms with Crippen molar-refractivity contribution in [1.29, 1.82) is 0 Å². The monoisotopic (exact) mass is 1540 g/mol. The van der Waals surface area contributed by atoms with Crippen LogP contribution in [0.3, 0.4) is 0 Å². The average Bonchev–Trinajstić information content (AvgIpc) is 0.899. The van der Waals surface area contributed by atoms with Crippen molar-refractivity contribution in [3.63, 3.8) is 0 Å². The van der Waals surface area contributed by atoms with Gasteiger partial charge in [-0.3, -0.25) is 0 Å². The van der Waals surface area contributed by atoms with E-state index in [1.807, 2.05) is 12.1 Å². The van der Waals surface area contributed by atoms with Gasteiger partial charge in [-0.25, -0.2) is 0 Å².